The van der Waals surface area contributed by atoms with Crippen molar-refractivity contribution in [3.8, 4) is 0 Å². The molecule has 3 rings (SSSR count). The topological polar surface area (TPSA) is 41.6 Å². The molecular weight excluding hydrogens is 235 g/mol. The molecule has 0 bridgehead atoms. The Morgan fingerprint density at radius 3 is 3.06 bits per heavy atom. The summed E-state index contributed by atoms with van der Waals surface area (Å²) < 4.78 is 18.5. The van der Waals surface area contributed by atoms with Crippen molar-refractivity contribution >= 4 is 11.8 Å². The summed E-state index contributed by atoms with van der Waals surface area (Å²) in [6.07, 6.45) is 0.558. The molecule has 0 aliphatic carbocycles. The first-order valence-electron chi connectivity index (χ1n) is 6.18. The number of hydrogen-bond donors (Lipinski definition) is 1. The number of benzene rings is 1. The molecule has 0 radical (unpaired) electrons. The molecule has 2 fully saturated rings. The van der Waals surface area contributed by atoms with Gasteiger partial charge in [0.25, 0.3) is 0 Å². The highest BCUT2D eigenvalue weighted by atomic mass is 19.1. The summed E-state index contributed by atoms with van der Waals surface area (Å²) in [6.45, 7) is 2.36. The van der Waals surface area contributed by atoms with Crippen LogP contribution in [0.5, 0.6) is 0 Å². The lowest BCUT2D eigenvalue weighted by molar-refractivity contribution is 0.111. The molecule has 0 aromatic heterocycles. The summed E-state index contributed by atoms with van der Waals surface area (Å²) in [6, 6.07) is 6.04. The van der Waals surface area contributed by atoms with Gasteiger partial charge in [-0.3, -0.25) is 4.90 Å². The van der Waals surface area contributed by atoms with Gasteiger partial charge in [0.05, 0.1) is 12.2 Å². The van der Waals surface area contributed by atoms with Crippen LogP contribution in [0.3, 0.4) is 0 Å². The van der Waals surface area contributed by atoms with E-state index in [1.165, 1.54) is 17.0 Å². The zero-order valence-electron chi connectivity index (χ0n) is 9.93. The quantitative estimate of drug-likeness (QED) is 0.869. The summed E-state index contributed by atoms with van der Waals surface area (Å²) in [5.41, 5.74) is 0.563. The van der Waals surface area contributed by atoms with Gasteiger partial charge in [-0.2, -0.15) is 0 Å². The van der Waals surface area contributed by atoms with Crippen LogP contribution in [-0.4, -0.2) is 31.8 Å². The Hall–Kier alpha value is -1.62. The fourth-order valence-electron chi connectivity index (χ4n) is 2.58. The van der Waals surface area contributed by atoms with E-state index in [4.69, 9.17) is 4.74 Å². The van der Waals surface area contributed by atoms with Crippen molar-refractivity contribution in [2.45, 2.75) is 12.5 Å². The first-order valence-corrected chi connectivity index (χ1v) is 6.18. The van der Waals surface area contributed by atoms with E-state index in [1.807, 2.05) is 0 Å². The number of rotatable bonds is 2. The summed E-state index contributed by atoms with van der Waals surface area (Å²) >= 11 is 0. The van der Waals surface area contributed by atoms with E-state index >= 15 is 0 Å². The van der Waals surface area contributed by atoms with Gasteiger partial charge in [0, 0.05) is 12.5 Å². The van der Waals surface area contributed by atoms with Crippen molar-refractivity contribution in [3.05, 3.63) is 30.1 Å². The lowest BCUT2D eigenvalue weighted by Crippen LogP contribution is -2.28. The number of nitrogens with zero attached hydrogens (tertiary/aromatic N) is 1. The van der Waals surface area contributed by atoms with Gasteiger partial charge in [-0.15, -0.1) is 0 Å². The van der Waals surface area contributed by atoms with Crippen molar-refractivity contribution in [2.24, 2.45) is 5.92 Å². The molecule has 18 heavy (non-hydrogen) atoms. The lowest BCUT2D eigenvalue weighted by Gasteiger charge is -2.15. The number of amides is 1. The van der Waals surface area contributed by atoms with Crippen LogP contribution in [0.4, 0.5) is 14.9 Å². The predicted octanol–water partition coefficient (Wildman–Crippen LogP) is 1.76. The van der Waals surface area contributed by atoms with Gasteiger partial charge >= 0.3 is 6.09 Å². The van der Waals surface area contributed by atoms with Gasteiger partial charge in [-0.05, 0) is 31.2 Å². The normalized spacial score (nSPS) is 27.6. The van der Waals surface area contributed by atoms with Crippen LogP contribution < -0.4 is 10.2 Å². The third-order valence-electron chi connectivity index (χ3n) is 3.58. The molecule has 2 heterocycles. The fourth-order valence-corrected chi connectivity index (χ4v) is 2.58. The van der Waals surface area contributed by atoms with Gasteiger partial charge in [-0.25, -0.2) is 9.18 Å². The summed E-state index contributed by atoms with van der Waals surface area (Å²) in [7, 11) is 0. The van der Waals surface area contributed by atoms with E-state index in [9.17, 15) is 9.18 Å². The molecule has 2 aliphatic rings. The molecule has 1 aromatic rings. The number of carbonyl (C=O) groups is 1. The second-order valence-corrected chi connectivity index (χ2v) is 4.77. The molecule has 96 valence electrons. The van der Waals surface area contributed by atoms with Crippen LogP contribution in [0.1, 0.15) is 6.42 Å². The Bertz CT molecular complexity index is 460. The molecule has 2 unspecified atom stereocenters. The average molecular weight is 250 g/mol. The van der Waals surface area contributed by atoms with Crippen LogP contribution in [-0.2, 0) is 4.74 Å². The largest absolute Gasteiger partial charge is 0.444 e. The van der Waals surface area contributed by atoms with E-state index in [0.717, 1.165) is 19.5 Å². The Kier molecular flexibility index (Phi) is 2.91. The second-order valence-electron chi connectivity index (χ2n) is 4.77. The van der Waals surface area contributed by atoms with E-state index < -0.39 is 0 Å². The highest BCUT2D eigenvalue weighted by Gasteiger charge is 2.38. The molecule has 0 saturated carbocycles. The number of hydrogen-bond acceptors (Lipinski definition) is 3. The van der Waals surface area contributed by atoms with Crippen molar-refractivity contribution in [1.29, 1.82) is 0 Å². The highest BCUT2D eigenvalue weighted by Crippen LogP contribution is 2.27. The van der Waals surface area contributed by atoms with Gasteiger partial charge < -0.3 is 10.1 Å². The smallest absolute Gasteiger partial charge is 0.414 e. The zero-order chi connectivity index (χ0) is 12.5. The molecule has 0 spiro atoms. The fraction of sp³-hybridized carbons (Fsp3) is 0.462. The Morgan fingerprint density at radius 2 is 2.33 bits per heavy atom. The zero-order valence-corrected chi connectivity index (χ0v) is 9.93. The number of anilines is 1. The Morgan fingerprint density at radius 1 is 1.44 bits per heavy atom. The lowest BCUT2D eigenvalue weighted by atomic mass is 10.0. The third kappa shape index (κ3) is 2.06. The van der Waals surface area contributed by atoms with E-state index in [0.29, 0.717) is 18.2 Å². The van der Waals surface area contributed by atoms with E-state index in [2.05, 4.69) is 5.32 Å². The van der Waals surface area contributed by atoms with Gasteiger partial charge in [0.2, 0.25) is 0 Å². The highest BCUT2D eigenvalue weighted by molar-refractivity contribution is 5.89. The molecule has 1 N–H and O–H groups in total. The molecule has 4 nitrogen and oxygen atoms in total. The maximum atomic E-state index is 13.2. The Balaban J connectivity index is 1.76. The second kappa shape index (κ2) is 4.57. The average Bonchev–Trinajstić information content (AvgIpc) is 2.97. The number of ether oxygens (including phenoxy) is 1. The molecule has 5 heteroatoms. The minimum atomic E-state index is -0.377. The first-order chi connectivity index (χ1) is 8.74. The van der Waals surface area contributed by atoms with E-state index in [-0.39, 0.29) is 18.0 Å². The molecule has 1 aromatic carbocycles. The SMILES string of the molecule is O=C1OC(C2CCNC2)CN1c1cccc(F)c1. The first kappa shape index (κ1) is 11.5. The monoisotopic (exact) mass is 250 g/mol. The summed E-state index contributed by atoms with van der Waals surface area (Å²) in [5.74, 6) is 0.0267. The molecule has 1 amide bonds. The number of carbonyl (C=O) groups excluding carboxylic acids is 1. The minimum absolute atomic E-state index is 0.0873. The molecule has 2 aliphatic heterocycles. The maximum absolute atomic E-state index is 13.2. The number of cyclic esters (lactones) is 1. The van der Waals surface area contributed by atoms with Crippen LogP contribution in [0.2, 0.25) is 0 Å². The number of nitrogens with one attached hydrogen (secondary N) is 1. The summed E-state index contributed by atoms with van der Waals surface area (Å²) in [4.78, 5) is 13.3. The number of halogens is 1. The van der Waals surface area contributed by atoms with Crippen LogP contribution in [0, 0.1) is 11.7 Å². The van der Waals surface area contributed by atoms with Crippen LogP contribution in [0.25, 0.3) is 0 Å². The van der Waals surface area contributed by atoms with E-state index in [1.54, 1.807) is 12.1 Å². The van der Waals surface area contributed by atoms with Crippen molar-refractivity contribution in [2.75, 3.05) is 24.5 Å². The molecule has 2 saturated heterocycles. The van der Waals surface area contributed by atoms with Crippen LogP contribution >= 0.6 is 0 Å². The summed E-state index contributed by atoms with van der Waals surface area (Å²) in [5, 5.41) is 3.26. The maximum Gasteiger partial charge on any atom is 0.414 e. The standard InChI is InChI=1S/C13H15FN2O2/c14-10-2-1-3-11(6-10)16-8-12(18-13(16)17)9-4-5-15-7-9/h1-3,6,9,12,15H,4-5,7-8H2. The predicted molar refractivity (Wildman–Crippen MR) is 65.0 cm³/mol. The van der Waals surface area contributed by atoms with Crippen LogP contribution in [0.15, 0.2) is 24.3 Å². The van der Waals surface area contributed by atoms with Gasteiger partial charge in [0.15, 0.2) is 0 Å². The Labute approximate surface area is 105 Å². The third-order valence-corrected chi connectivity index (χ3v) is 3.58. The van der Waals surface area contributed by atoms with Crippen molar-refractivity contribution < 1.29 is 13.9 Å². The van der Waals surface area contributed by atoms with Gasteiger partial charge in [0.1, 0.15) is 11.9 Å². The van der Waals surface area contributed by atoms with Gasteiger partial charge in [-0.1, -0.05) is 6.07 Å². The van der Waals surface area contributed by atoms with Crippen molar-refractivity contribution in [3.63, 3.8) is 0 Å². The molecule has 2 atom stereocenters. The molecular formula is C13H15FN2O2. The minimum Gasteiger partial charge on any atom is -0.444 e. The van der Waals surface area contributed by atoms with Crippen molar-refractivity contribution in [1.82, 2.24) is 5.32 Å².